The number of hydrogen-bond acceptors (Lipinski definition) is 5. The minimum atomic E-state index is -4.47. The number of nitrogens with zero attached hydrogens (tertiary/aromatic N) is 3. The molecule has 1 aromatic carbocycles. The van der Waals surface area contributed by atoms with Gasteiger partial charge in [0.25, 0.3) is 0 Å². The topological polar surface area (TPSA) is 61.2 Å². The van der Waals surface area contributed by atoms with Crippen molar-refractivity contribution in [3.63, 3.8) is 0 Å². The van der Waals surface area contributed by atoms with E-state index >= 15 is 0 Å². The number of benzene rings is 1. The van der Waals surface area contributed by atoms with Gasteiger partial charge in [0.05, 0.1) is 24.3 Å². The van der Waals surface area contributed by atoms with Gasteiger partial charge in [-0.1, -0.05) is 6.07 Å². The van der Waals surface area contributed by atoms with Gasteiger partial charge in [0, 0.05) is 31.5 Å². The molecule has 2 heterocycles. The Kier molecular flexibility index (Phi) is 5.28. The third-order valence-corrected chi connectivity index (χ3v) is 4.15. The molecule has 0 radical (unpaired) electrons. The molecule has 1 N–H and O–H groups in total. The fourth-order valence-electron chi connectivity index (χ4n) is 2.82. The summed E-state index contributed by atoms with van der Waals surface area (Å²) in [5.74, 6) is 0.264. The van der Waals surface area contributed by atoms with E-state index in [1.165, 1.54) is 18.3 Å². The van der Waals surface area contributed by atoms with Crippen molar-refractivity contribution < 1.29 is 17.9 Å². The van der Waals surface area contributed by atoms with Gasteiger partial charge in [0.15, 0.2) is 0 Å². The van der Waals surface area contributed by atoms with Crippen LogP contribution in [0.5, 0.6) is 0 Å². The third-order valence-electron chi connectivity index (χ3n) is 4.15. The second-order valence-corrected chi connectivity index (χ2v) is 5.80. The number of pyridine rings is 1. The highest BCUT2D eigenvalue weighted by Gasteiger charge is 2.34. The first kappa shape index (κ1) is 18.0. The highest BCUT2D eigenvalue weighted by molar-refractivity contribution is 5.55. The van der Waals surface area contributed by atoms with E-state index in [4.69, 9.17) is 10.00 Å². The predicted molar refractivity (Wildman–Crippen MR) is 90.8 cm³/mol. The van der Waals surface area contributed by atoms with Crippen molar-refractivity contribution in [1.82, 2.24) is 4.98 Å². The Morgan fingerprint density at radius 1 is 1.23 bits per heavy atom. The first-order valence-electron chi connectivity index (χ1n) is 8.11. The van der Waals surface area contributed by atoms with E-state index in [1.807, 2.05) is 11.0 Å². The van der Waals surface area contributed by atoms with Crippen molar-refractivity contribution in [3.8, 4) is 6.07 Å². The van der Waals surface area contributed by atoms with Crippen molar-refractivity contribution in [2.45, 2.75) is 12.7 Å². The van der Waals surface area contributed by atoms with Gasteiger partial charge in [-0.05, 0) is 29.8 Å². The molecule has 0 amide bonds. The van der Waals surface area contributed by atoms with Gasteiger partial charge in [0.2, 0.25) is 0 Å². The Balaban J connectivity index is 1.85. The minimum Gasteiger partial charge on any atom is -0.378 e. The summed E-state index contributed by atoms with van der Waals surface area (Å²) in [7, 11) is 0. The number of alkyl halides is 3. The molecule has 1 aliphatic heterocycles. The number of halogens is 3. The molecule has 1 aromatic heterocycles. The maximum Gasteiger partial charge on any atom is 0.416 e. The first-order chi connectivity index (χ1) is 12.5. The lowest BCUT2D eigenvalue weighted by Crippen LogP contribution is -2.36. The quantitative estimate of drug-likeness (QED) is 0.903. The summed E-state index contributed by atoms with van der Waals surface area (Å²) in [5.41, 5.74) is 0.221. The molecular weight excluding hydrogens is 345 g/mol. The van der Waals surface area contributed by atoms with E-state index in [2.05, 4.69) is 10.3 Å². The smallest absolute Gasteiger partial charge is 0.378 e. The molecule has 8 heteroatoms. The molecular formula is C18H17F3N4O. The molecule has 2 aromatic rings. The van der Waals surface area contributed by atoms with E-state index in [1.54, 1.807) is 18.2 Å². The van der Waals surface area contributed by atoms with Crippen LogP contribution in [0.4, 0.5) is 24.7 Å². The Bertz CT molecular complexity index is 811. The molecule has 5 nitrogen and oxygen atoms in total. The van der Waals surface area contributed by atoms with Gasteiger partial charge in [-0.15, -0.1) is 0 Å². The maximum atomic E-state index is 13.5. The number of anilines is 2. The molecule has 136 valence electrons. The Hall–Kier alpha value is -2.79. The molecule has 0 bridgehead atoms. The molecule has 26 heavy (non-hydrogen) atoms. The van der Waals surface area contributed by atoms with Crippen molar-refractivity contribution in [2.75, 3.05) is 36.5 Å². The number of nitrogens with one attached hydrogen (secondary N) is 1. The molecule has 1 saturated heterocycles. The van der Waals surface area contributed by atoms with E-state index in [9.17, 15) is 13.2 Å². The fraction of sp³-hybridized carbons (Fsp3) is 0.333. The minimum absolute atomic E-state index is 0.0794. The van der Waals surface area contributed by atoms with Crippen molar-refractivity contribution in [2.24, 2.45) is 0 Å². The van der Waals surface area contributed by atoms with Gasteiger partial charge in [-0.25, -0.2) is 4.98 Å². The molecule has 0 aliphatic carbocycles. The lowest BCUT2D eigenvalue weighted by molar-refractivity contribution is -0.138. The standard InChI is InChI=1S/C18H17F3N4O/c19-18(20,21)16-10-15(25-6-8-26-9-7-25)4-3-14(16)12-24-17-13(11-22)2-1-5-23-17/h1-5,10H,6-9,12H2,(H,23,24). The fourth-order valence-corrected chi connectivity index (χ4v) is 2.82. The monoisotopic (exact) mass is 362 g/mol. The SMILES string of the molecule is N#Cc1cccnc1NCc1ccc(N2CCOCC2)cc1C(F)(F)F. The second kappa shape index (κ2) is 7.62. The first-order valence-corrected chi connectivity index (χ1v) is 8.11. The van der Waals surface area contributed by atoms with Crippen molar-refractivity contribution >= 4 is 11.5 Å². The molecule has 3 rings (SSSR count). The molecule has 0 saturated carbocycles. The number of rotatable bonds is 4. The number of nitriles is 1. The largest absolute Gasteiger partial charge is 0.416 e. The average molecular weight is 362 g/mol. The molecule has 0 spiro atoms. The average Bonchev–Trinajstić information content (AvgIpc) is 2.66. The van der Waals surface area contributed by atoms with Gasteiger partial charge in [0.1, 0.15) is 11.9 Å². The van der Waals surface area contributed by atoms with Crippen LogP contribution in [0.2, 0.25) is 0 Å². The van der Waals surface area contributed by atoms with Crippen LogP contribution in [-0.4, -0.2) is 31.3 Å². The summed E-state index contributed by atoms with van der Waals surface area (Å²) in [6.45, 7) is 2.05. The third kappa shape index (κ3) is 4.06. The number of morpholine rings is 1. The summed E-state index contributed by atoms with van der Waals surface area (Å²) in [5, 5.41) is 11.9. The number of ether oxygens (including phenoxy) is 1. The van der Waals surface area contributed by atoms with Crippen LogP contribution in [0.1, 0.15) is 16.7 Å². The van der Waals surface area contributed by atoms with E-state index < -0.39 is 11.7 Å². The van der Waals surface area contributed by atoms with Gasteiger partial charge < -0.3 is 15.0 Å². The van der Waals surface area contributed by atoms with Crippen LogP contribution in [0.3, 0.4) is 0 Å². The van der Waals surface area contributed by atoms with E-state index in [-0.39, 0.29) is 23.5 Å². The molecule has 0 unspecified atom stereocenters. The zero-order valence-electron chi connectivity index (χ0n) is 13.9. The predicted octanol–water partition coefficient (Wildman–Crippen LogP) is 3.42. The summed E-state index contributed by atoms with van der Waals surface area (Å²) in [6, 6.07) is 9.44. The maximum absolute atomic E-state index is 13.5. The highest BCUT2D eigenvalue weighted by Crippen LogP contribution is 2.35. The van der Waals surface area contributed by atoms with Crippen LogP contribution in [0, 0.1) is 11.3 Å². The molecule has 1 aliphatic rings. The van der Waals surface area contributed by atoms with Gasteiger partial charge in [-0.2, -0.15) is 18.4 Å². The van der Waals surface area contributed by atoms with Gasteiger partial charge >= 0.3 is 6.18 Å². The van der Waals surface area contributed by atoms with Crippen LogP contribution in [0.15, 0.2) is 36.5 Å². The van der Waals surface area contributed by atoms with Crippen LogP contribution >= 0.6 is 0 Å². The zero-order chi connectivity index (χ0) is 18.6. The summed E-state index contributed by atoms with van der Waals surface area (Å²) >= 11 is 0. The highest BCUT2D eigenvalue weighted by atomic mass is 19.4. The van der Waals surface area contributed by atoms with Crippen molar-refractivity contribution in [1.29, 1.82) is 5.26 Å². The van der Waals surface area contributed by atoms with Crippen LogP contribution < -0.4 is 10.2 Å². The molecule has 1 fully saturated rings. The van der Waals surface area contributed by atoms with E-state index in [0.717, 1.165) is 0 Å². The van der Waals surface area contributed by atoms with E-state index in [0.29, 0.717) is 32.0 Å². The molecule has 0 atom stereocenters. The Labute approximate surface area is 149 Å². The number of hydrogen-bond donors (Lipinski definition) is 1. The lowest BCUT2D eigenvalue weighted by atomic mass is 10.0. The van der Waals surface area contributed by atoms with Crippen LogP contribution in [0.25, 0.3) is 0 Å². The Morgan fingerprint density at radius 2 is 2.00 bits per heavy atom. The lowest BCUT2D eigenvalue weighted by Gasteiger charge is -2.29. The van der Waals surface area contributed by atoms with Crippen molar-refractivity contribution in [3.05, 3.63) is 53.2 Å². The summed E-state index contributed by atoms with van der Waals surface area (Å²) in [6.07, 6.45) is -2.99. The second-order valence-electron chi connectivity index (χ2n) is 5.80. The van der Waals surface area contributed by atoms with Crippen LogP contribution in [-0.2, 0) is 17.5 Å². The summed E-state index contributed by atoms with van der Waals surface area (Å²) < 4.78 is 45.8. The zero-order valence-corrected chi connectivity index (χ0v) is 13.9. The van der Waals surface area contributed by atoms with Gasteiger partial charge in [-0.3, -0.25) is 0 Å². The Morgan fingerprint density at radius 3 is 2.69 bits per heavy atom. The normalized spacial score (nSPS) is 14.8. The summed E-state index contributed by atoms with van der Waals surface area (Å²) in [4.78, 5) is 5.89. The number of aromatic nitrogens is 1.